The molecule has 0 spiro atoms. The van der Waals surface area contributed by atoms with Crippen molar-refractivity contribution in [2.24, 2.45) is 0 Å². The molecule has 0 radical (unpaired) electrons. The SMILES string of the molecule is Cc1ccc(-c2cc(C(=O)O)c(C)cc2C)cc1. The Kier molecular flexibility index (Phi) is 3.19. The normalized spacial score (nSPS) is 10.4. The van der Waals surface area contributed by atoms with Gasteiger partial charge in [-0.15, -0.1) is 0 Å². The molecule has 2 heteroatoms. The second-order valence-corrected chi connectivity index (χ2v) is 4.65. The highest BCUT2D eigenvalue weighted by molar-refractivity contribution is 5.91. The summed E-state index contributed by atoms with van der Waals surface area (Å²) in [6, 6.07) is 11.8. The molecule has 0 aliphatic heterocycles. The third-order valence-corrected chi connectivity index (χ3v) is 3.16. The van der Waals surface area contributed by atoms with Crippen LogP contribution in [0.15, 0.2) is 36.4 Å². The zero-order chi connectivity index (χ0) is 13.3. The molecule has 0 fully saturated rings. The van der Waals surface area contributed by atoms with Crippen LogP contribution in [0.25, 0.3) is 11.1 Å². The van der Waals surface area contributed by atoms with Gasteiger partial charge in [-0.25, -0.2) is 4.79 Å². The molecule has 1 N–H and O–H groups in total. The van der Waals surface area contributed by atoms with Crippen molar-refractivity contribution in [3.05, 3.63) is 58.7 Å². The van der Waals surface area contributed by atoms with Crippen molar-refractivity contribution < 1.29 is 9.90 Å². The molecule has 0 amide bonds. The molecule has 0 aromatic heterocycles. The van der Waals surface area contributed by atoms with Crippen LogP contribution in [-0.4, -0.2) is 11.1 Å². The summed E-state index contributed by atoms with van der Waals surface area (Å²) in [5, 5.41) is 9.17. The molecule has 2 nitrogen and oxygen atoms in total. The van der Waals surface area contributed by atoms with E-state index < -0.39 is 5.97 Å². The Morgan fingerprint density at radius 3 is 2.11 bits per heavy atom. The quantitative estimate of drug-likeness (QED) is 0.862. The first-order valence-corrected chi connectivity index (χ1v) is 5.90. The molecule has 0 saturated carbocycles. The van der Waals surface area contributed by atoms with Crippen molar-refractivity contribution in [3.63, 3.8) is 0 Å². The minimum absolute atomic E-state index is 0.371. The molecular formula is C16H16O2. The Morgan fingerprint density at radius 1 is 0.944 bits per heavy atom. The van der Waals surface area contributed by atoms with Crippen LogP contribution >= 0.6 is 0 Å². The van der Waals surface area contributed by atoms with E-state index in [0.29, 0.717) is 5.56 Å². The van der Waals surface area contributed by atoms with Crippen LogP contribution in [-0.2, 0) is 0 Å². The fourth-order valence-corrected chi connectivity index (χ4v) is 2.13. The van der Waals surface area contributed by atoms with Gasteiger partial charge in [-0.2, -0.15) is 0 Å². The Balaban J connectivity index is 2.60. The summed E-state index contributed by atoms with van der Waals surface area (Å²) in [5.74, 6) is -0.874. The van der Waals surface area contributed by atoms with E-state index in [4.69, 9.17) is 0 Å². The predicted molar refractivity (Wildman–Crippen MR) is 73.0 cm³/mol. The summed E-state index contributed by atoms with van der Waals surface area (Å²) in [5.41, 5.74) is 5.51. The van der Waals surface area contributed by atoms with Crippen LogP contribution in [0.5, 0.6) is 0 Å². The Bertz CT molecular complexity index is 595. The third kappa shape index (κ3) is 2.28. The van der Waals surface area contributed by atoms with Gasteiger partial charge >= 0.3 is 5.97 Å². The standard InChI is InChI=1S/C16H16O2/c1-10-4-6-13(7-5-10)14-9-15(16(17)18)12(3)8-11(14)2/h4-9H,1-3H3,(H,17,18). The zero-order valence-electron chi connectivity index (χ0n) is 10.8. The molecule has 0 heterocycles. The van der Waals surface area contributed by atoms with Gasteiger partial charge in [0.15, 0.2) is 0 Å². The van der Waals surface area contributed by atoms with Gasteiger partial charge < -0.3 is 5.11 Å². The average molecular weight is 240 g/mol. The number of carboxylic acid groups (broad SMARTS) is 1. The van der Waals surface area contributed by atoms with Crippen molar-refractivity contribution in [2.75, 3.05) is 0 Å². The number of aryl methyl sites for hydroxylation is 3. The van der Waals surface area contributed by atoms with E-state index in [1.165, 1.54) is 5.56 Å². The molecule has 2 aromatic rings. The predicted octanol–water partition coefficient (Wildman–Crippen LogP) is 3.98. The van der Waals surface area contributed by atoms with E-state index in [2.05, 4.69) is 0 Å². The lowest BCUT2D eigenvalue weighted by Gasteiger charge is -2.10. The minimum atomic E-state index is -0.874. The van der Waals surface area contributed by atoms with Gasteiger partial charge in [-0.3, -0.25) is 0 Å². The van der Waals surface area contributed by atoms with Crippen LogP contribution in [0.4, 0.5) is 0 Å². The van der Waals surface area contributed by atoms with Crippen LogP contribution < -0.4 is 0 Å². The monoisotopic (exact) mass is 240 g/mol. The Hall–Kier alpha value is -2.09. The molecule has 18 heavy (non-hydrogen) atoms. The highest BCUT2D eigenvalue weighted by Gasteiger charge is 2.11. The first-order chi connectivity index (χ1) is 8.49. The number of aromatic carboxylic acids is 1. The molecule has 0 saturated heterocycles. The van der Waals surface area contributed by atoms with Gasteiger partial charge in [0.25, 0.3) is 0 Å². The first-order valence-electron chi connectivity index (χ1n) is 5.90. The molecule has 0 aliphatic rings. The highest BCUT2D eigenvalue weighted by atomic mass is 16.4. The number of hydrogen-bond donors (Lipinski definition) is 1. The number of rotatable bonds is 2. The van der Waals surface area contributed by atoms with Crippen molar-refractivity contribution in [2.45, 2.75) is 20.8 Å². The maximum absolute atomic E-state index is 11.2. The van der Waals surface area contributed by atoms with Gasteiger partial charge in [0.05, 0.1) is 5.56 Å². The summed E-state index contributed by atoms with van der Waals surface area (Å²) < 4.78 is 0. The third-order valence-electron chi connectivity index (χ3n) is 3.16. The van der Waals surface area contributed by atoms with Crippen molar-refractivity contribution >= 4 is 5.97 Å². The fraction of sp³-hybridized carbons (Fsp3) is 0.188. The number of carbonyl (C=O) groups is 1. The van der Waals surface area contributed by atoms with E-state index in [0.717, 1.165) is 22.3 Å². The van der Waals surface area contributed by atoms with Gasteiger partial charge in [0.1, 0.15) is 0 Å². The van der Waals surface area contributed by atoms with E-state index in [1.807, 2.05) is 51.1 Å². The summed E-state index contributed by atoms with van der Waals surface area (Å²) in [4.78, 5) is 11.2. The van der Waals surface area contributed by atoms with Crippen LogP contribution in [0.1, 0.15) is 27.0 Å². The number of carboxylic acids is 1. The summed E-state index contributed by atoms with van der Waals surface area (Å²) in [6.45, 7) is 5.87. The topological polar surface area (TPSA) is 37.3 Å². The average Bonchev–Trinajstić information content (AvgIpc) is 2.30. The van der Waals surface area contributed by atoms with Gasteiger partial charge in [-0.1, -0.05) is 35.9 Å². The smallest absolute Gasteiger partial charge is 0.335 e. The molecule has 0 bridgehead atoms. The lowest BCUT2D eigenvalue weighted by Crippen LogP contribution is -2.01. The second kappa shape index (κ2) is 4.65. The van der Waals surface area contributed by atoms with Gasteiger partial charge in [-0.05, 0) is 49.1 Å². The molecular weight excluding hydrogens is 224 g/mol. The second-order valence-electron chi connectivity index (χ2n) is 4.65. The molecule has 0 atom stereocenters. The Labute approximate surface area is 107 Å². The van der Waals surface area contributed by atoms with Crippen LogP contribution in [0, 0.1) is 20.8 Å². The minimum Gasteiger partial charge on any atom is -0.478 e. The molecule has 0 aliphatic carbocycles. The summed E-state index contributed by atoms with van der Waals surface area (Å²) >= 11 is 0. The van der Waals surface area contributed by atoms with Crippen molar-refractivity contribution in [1.82, 2.24) is 0 Å². The van der Waals surface area contributed by atoms with Gasteiger partial charge in [0, 0.05) is 0 Å². The lowest BCUT2D eigenvalue weighted by molar-refractivity contribution is 0.0696. The van der Waals surface area contributed by atoms with E-state index in [1.54, 1.807) is 6.07 Å². The van der Waals surface area contributed by atoms with E-state index >= 15 is 0 Å². The zero-order valence-corrected chi connectivity index (χ0v) is 10.8. The van der Waals surface area contributed by atoms with Crippen LogP contribution in [0.2, 0.25) is 0 Å². The maximum atomic E-state index is 11.2. The van der Waals surface area contributed by atoms with Gasteiger partial charge in [0.2, 0.25) is 0 Å². The highest BCUT2D eigenvalue weighted by Crippen LogP contribution is 2.27. The molecule has 92 valence electrons. The molecule has 2 rings (SSSR count). The summed E-state index contributed by atoms with van der Waals surface area (Å²) in [7, 11) is 0. The lowest BCUT2D eigenvalue weighted by atomic mass is 9.94. The van der Waals surface area contributed by atoms with Crippen molar-refractivity contribution in [1.29, 1.82) is 0 Å². The van der Waals surface area contributed by atoms with E-state index in [-0.39, 0.29) is 0 Å². The van der Waals surface area contributed by atoms with Crippen LogP contribution in [0.3, 0.4) is 0 Å². The van der Waals surface area contributed by atoms with Crippen molar-refractivity contribution in [3.8, 4) is 11.1 Å². The molecule has 0 unspecified atom stereocenters. The van der Waals surface area contributed by atoms with E-state index in [9.17, 15) is 9.90 Å². The maximum Gasteiger partial charge on any atom is 0.335 e. The fourth-order valence-electron chi connectivity index (χ4n) is 2.13. The number of hydrogen-bond acceptors (Lipinski definition) is 1. The Morgan fingerprint density at radius 2 is 1.56 bits per heavy atom. The first kappa shape index (κ1) is 12.4. The number of benzene rings is 2. The summed E-state index contributed by atoms with van der Waals surface area (Å²) in [6.07, 6.45) is 0. The largest absolute Gasteiger partial charge is 0.478 e. The molecule has 2 aromatic carbocycles.